The highest BCUT2D eigenvalue weighted by molar-refractivity contribution is 5.81. The summed E-state index contributed by atoms with van der Waals surface area (Å²) in [6, 6.07) is 0. The van der Waals surface area contributed by atoms with Crippen molar-refractivity contribution >= 4 is 34.9 Å². The van der Waals surface area contributed by atoms with Crippen LogP contribution < -0.4 is 5.73 Å². The molecule has 4 atom stereocenters. The van der Waals surface area contributed by atoms with Gasteiger partial charge in [0, 0.05) is 20.8 Å². The summed E-state index contributed by atoms with van der Waals surface area (Å²) in [6.07, 6.45) is -1.42. The van der Waals surface area contributed by atoms with Crippen LogP contribution in [-0.4, -0.2) is 93.0 Å². The van der Waals surface area contributed by atoms with Gasteiger partial charge in [-0.05, 0) is 0 Å². The molecule has 15 nitrogen and oxygen atoms in total. The highest BCUT2D eigenvalue weighted by Crippen LogP contribution is 2.31. The van der Waals surface area contributed by atoms with Crippen LogP contribution in [0.15, 0.2) is 12.7 Å². The number of rotatable bonds is 2. The number of hydrogen-bond acceptors (Lipinski definition) is 11. The summed E-state index contributed by atoms with van der Waals surface area (Å²) in [7, 11) is 0. The van der Waals surface area contributed by atoms with E-state index in [1.54, 1.807) is 0 Å². The van der Waals surface area contributed by atoms with E-state index in [-0.39, 0.29) is 5.82 Å². The zero-order valence-corrected chi connectivity index (χ0v) is 16.9. The molecule has 0 bridgehead atoms. The van der Waals surface area contributed by atoms with Crippen LogP contribution in [0.5, 0.6) is 0 Å². The Morgan fingerprint density at radius 2 is 1.48 bits per heavy atom. The van der Waals surface area contributed by atoms with Crippen LogP contribution in [0.25, 0.3) is 11.2 Å². The molecule has 2 aromatic rings. The first-order valence-corrected chi connectivity index (χ1v) is 8.47. The Hall–Kier alpha value is -3.40. The lowest BCUT2D eigenvalue weighted by Crippen LogP contribution is -2.33. The van der Waals surface area contributed by atoms with E-state index in [1.807, 2.05) is 0 Å². The molecule has 174 valence electrons. The van der Waals surface area contributed by atoms with Crippen LogP contribution in [0.2, 0.25) is 0 Å². The van der Waals surface area contributed by atoms with Gasteiger partial charge in [0.2, 0.25) is 0 Å². The summed E-state index contributed by atoms with van der Waals surface area (Å²) in [5.41, 5.74) is 6.44. The van der Waals surface area contributed by atoms with E-state index in [9.17, 15) is 10.2 Å². The Morgan fingerprint density at radius 3 is 1.90 bits per heavy atom. The highest BCUT2D eigenvalue weighted by atomic mass is 16.6. The van der Waals surface area contributed by atoms with Gasteiger partial charge in [-0.25, -0.2) is 15.0 Å². The minimum atomic E-state index is -1.19. The quantitative estimate of drug-likeness (QED) is 0.271. The minimum Gasteiger partial charge on any atom is -0.481 e. The Bertz CT molecular complexity index is 833. The lowest BCUT2D eigenvalue weighted by molar-refractivity contribution is -0.135. The molecule has 3 heterocycles. The van der Waals surface area contributed by atoms with Crippen molar-refractivity contribution in [3.8, 4) is 0 Å². The minimum absolute atomic E-state index is 0.218. The topological polar surface area (TPSA) is 251 Å². The van der Waals surface area contributed by atoms with E-state index >= 15 is 0 Å². The number of hydrogen-bond donors (Lipinski definition) is 7. The largest absolute Gasteiger partial charge is 0.481 e. The maximum Gasteiger partial charge on any atom is 0.300 e. The standard InChI is InChI=1S/C10H13N5O4.3C2H4O2/c11-8-5-9(13-2-12-8)15(3-14-5)10-7(18)6(17)4(1-16)19-10;3*1-2(3)4/h2-4,6-7,10,16-18H,1H2,(H2,11,12,13);3*1H3,(H,3,4)/t4-,6-,7-,10-;;;/m1.../s1. The fraction of sp³-hybridized carbons (Fsp3) is 0.500. The van der Waals surface area contributed by atoms with Gasteiger partial charge in [0.1, 0.15) is 30.2 Å². The zero-order chi connectivity index (χ0) is 24.3. The van der Waals surface area contributed by atoms with Gasteiger partial charge in [-0.2, -0.15) is 0 Å². The fourth-order valence-electron chi connectivity index (χ4n) is 2.17. The summed E-state index contributed by atoms with van der Waals surface area (Å²) in [6.45, 7) is 2.86. The molecule has 1 aliphatic heterocycles. The molecular formula is C16H25N5O10. The van der Waals surface area contributed by atoms with Crippen molar-refractivity contribution in [2.24, 2.45) is 0 Å². The first-order chi connectivity index (χ1) is 14.3. The van der Waals surface area contributed by atoms with Gasteiger partial charge >= 0.3 is 0 Å². The number of aliphatic hydroxyl groups is 3. The number of fused-ring (bicyclic) bond motifs is 1. The number of carboxylic acid groups (broad SMARTS) is 3. The van der Waals surface area contributed by atoms with Crippen LogP contribution in [0.1, 0.15) is 27.0 Å². The lowest BCUT2D eigenvalue weighted by atomic mass is 10.1. The average Bonchev–Trinajstić information content (AvgIpc) is 3.16. The van der Waals surface area contributed by atoms with Crippen molar-refractivity contribution in [2.75, 3.05) is 12.3 Å². The van der Waals surface area contributed by atoms with Crippen molar-refractivity contribution in [2.45, 2.75) is 45.3 Å². The monoisotopic (exact) mass is 447 g/mol. The predicted molar refractivity (Wildman–Crippen MR) is 103 cm³/mol. The molecule has 0 aromatic carbocycles. The second-order valence-electron chi connectivity index (χ2n) is 5.87. The molecule has 2 aromatic heterocycles. The van der Waals surface area contributed by atoms with E-state index < -0.39 is 49.1 Å². The fourth-order valence-corrected chi connectivity index (χ4v) is 2.17. The Kier molecular flexibility index (Phi) is 11.6. The van der Waals surface area contributed by atoms with Crippen LogP contribution in [0.4, 0.5) is 5.82 Å². The first-order valence-electron chi connectivity index (χ1n) is 8.47. The third-order valence-electron chi connectivity index (χ3n) is 3.18. The van der Waals surface area contributed by atoms with E-state index in [4.69, 9.17) is 45.3 Å². The summed E-state index contributed by atoms with van der Waals surface area (Å²) >= 11 is 0. The van der Waals surface area contributed by atoms with Crippen molar-refractivity contribution in [3.05, 3.63) is 12.7 Å². The van der Waals surface area contributed by atoms with E-state index in [2.05, 4.69) is 15.0 Å². The first kappa shape index (κ1) is 27.6. The molecule has 0 saturated carbocycles. The van der Waals surface area contributed by atoms with Gasteiger partial charge in [-0.1, -0.05) is 0 Å². The third-order valence-corrected chi connectivity index (χ3v) is 3.18. The number of aromatic nitrogens is 4. The van der Waals surface area contributed by atoms with E-state index in [0.717, 1.165) is 20.8 Å². The Morgan fingerprint density at radius 1 is 1.00 bits per heavy atom. The molecule has 0 unspecified atom stereocenters. The lowest BCUT2D eigenvalue weighted by Gasteiger charge is -2.16. The smallest absolute Gasteiger partial charge is 0.300 e. The zero-order valence-electron chi connectivity index (χ0n) is 16.9. The SMILES string of the molecule is CC(=O)O.CC(=O)O.CC(=O)O.Nc1ncnc2c1ncn2[C@@H]1O[C@H](CO)[C@@H](O)[C@H]1O. The maximum atomic E-state index is 9.95. The van der Waals surface area contributed by atoms with Gasteiger partial charge < -0.3 is 41.1 Å². The Balaban J connectivity index is 0.000000625. The maximum absolute atomic E-state index is 9.95. The predicted octanol–water partition coefficient (Wildman–Crippen LogP) is -1.71. The molecule has 8 N–H and O–H groups in total. The van der Waals surface area contributed by atoms with E-state index in [0.29, 0.717) is 11.2 Å². The number of aliphatic carboxylic acids is 3. The molecule has 15 heteroatoms. The summed E-state index contributed by atoms with van der Waals surface area (Å²) in [4.78, 5) is 38.9. The van der Waals surface area contributed by atoms with Gasteiger partial charge in [0.15, 0.2) is 17.7 Å². The number of imidazole rings is 1. The number of ether oxygens (including phenoxy) is 1. The van der Waals surface area contributed by atoms with Crippen LogP contribution in [0.3, 0.4) is 0 Å². The molecule has 0 aliphatic carbocycles. The van der Waals surface area contributed by atoms with Crippen LogP contribution in [-0.2, 0) is 19.1 Å². The second kappa shape index (κ2) is 13.0. The summed E-state index contributed by atoms with van der Waals surface area (Å²) in [5, 5.41) is 51.0. The Labute approximate surface area is 175 Å². The average molecular weight is 447 g/mol. The molecule has 1 fully saturated rings. The number of anilines is 1. The van der Waals surface area contributed by atoms with Crippen molar-refractivity contribution in [3.63, 3.8) is 0 Å². The van der Waals surface area contributed by atoms with Gasteiger partial charge in [-0.3, -0.25) is 19.0 Å². The van der Waals surface area contributed by atoms with Gasteiger partial charge in [-0.15, -0.1) is 0 Å². The van der Waals surface area contributed by atoms with Gasteiger partial charge in [0.05, 0.1) is 12.9 Å². The summed E-state index contributed by atoms with van der Waals surface area (Å²) in [5.74, 6) is -2.28. The molecule has 0 spiro atoms. The molecule has 0 radical (unpaired) electrons. The molecule has 1 aliphatic rings. The number of nitrogens with two attached hydrogens (primary N) is 1. The normalized spacial score (nSPS) is 21.5. The van der Waals surface area contributed by atoms with Gasteiger partial charge in [0.25, 0.3) is 17.9 Å². The number of carboxylic acids is 3. The molecule has 0 amide bonds. The highest BCUT2D eigenvalue weighted by Gasteiger charge is 2.43. The van der Waals surface area contributed by atoms with Crippen molar-refractivity contribution in [1.29, 1.82) is 0 Å². The molecular weight excluding hydrogens is 422 g/mol. The number of aliphatic hydroxyl groups excluding tert-OH is 3. The number of nitrogens with zero attached hydrogens (tertiary/aromatic N) is 4. The molecule has 3 rings (SSSR count). The number of nitrogen functional groups attached to an aromatic ring is 1. The van der Waals surface area contributed by atoms with Crippen molar-refractivity contribution < 1.29 is 49.8 Å². The van der Waals surface area contributed by atoms with Crippen molar-refractivity contribution in [1.82, 2.24) is 19.5 Å². The second-order valence-corrected chi connectivity index (χ2v) is 5.87. The van der Waals surface area contributed by atoms with E-state index in [1.165, 1.54) is 17.2 Å². The molecule has 1 saturated heterocycles. The number of carbonyl (C=O) groups is 3. The van der Waals surface area contributed by atoms with Crippen LogP contribution >= 0.6 is 0 Å². The third kappa shape index (κ3) is 9.30. The molecule has 31 heavy (non-hydrogen) atoms. The van der Waals surface area contributed by atoms with Crippen LogP contribution in [0, 0.1) is 0 Å². The summed E-state index contributed by atoms with van der Waals surface area (Å²) < 4.78 is 6.85.